The lowest BCUT2D eigenvalue weighted by molar-refractivity contribution is -0.384. The van der Waals surface area contributed by atoms with Crippen LogP contribution in [-0.2, 0) is 35.2 Å². The number of carbonyl (C=O) groups is 6. The minimum atomic E-state index is -1.57. The van der Waals surface area contributed by atoms with Crippen LogP contribution in [0.15, 0.2) is 48.5 Å². The van der Waals surface area contributed by atoms with Gasteiger partial charge in [-0.3, -0.25) is 38.9 Å². The van der Waals surface area contributed by atoms with Crippen molar-refractivity contribution >= 4 is 46.9 Å². The van der Waals surface area contributed by atoms with E-state index in [-0.39, 0.29) is 23.5 Å². The number of aliphatic carboxylic acids is 1. The standard InChI is InChI=1S/C29H36N6O10/c1-15(2)25(34-28(42)22(31-17(4)36)13-18-5-11-21(37)12-6-18)29(43)30-16(3)26(40)33-23(14-24(38)39)27(41)32-19-7-9-20(10-8-19)35(44)45/h5-12,15-16,22-23,25,37H,13-14H2,1-4H3,(H,30,43)(H,31,36)(H,32,41)(H,33,40)(H,34,42)(H,38,39)/t16-,22+,23-,25-/m0/s1. The van der Waals surface area contributed by atoms with Gasteiger partial charge in [-0.15, -0.1) is 0 Å². The lowest BCUT2D eigenvalue weighted by atomic mass is 10.0. The number of phenols is 1. The van der Waals surface area contributed by atoms with Crippen LogP contribution in [0.5, 0.6) is 5.75 Å². The highest BCUT2D eigenvalue weighted by molar-refractivity contribution is 6.00. The number of rotatable bonds is 15. The van der Waals surface area contributed by atoms with Crippen LogP contribution in [0.4, 0.5) is 11.4 Å². The van der Waals surface area contributed by atoms with E-state index >= 15 is 0 Å². The summed E-state index contributed by atoms with van der Waals surface area (Å²) in [4.78, 5) is 85.3. The minimum absolute atomic E-state index is 0.0216. The smallest absolute Gasteiger partial charge is 0.305 e. The number of nitro groups is 1. The molecule has 242 valence electrons. The first-order valence-electron chi connectivity index (χ1n) is 13.8. The second kappa shape index (κ2) is 16.3. The van der Waals surface area contributed by atoms with Crippen LogP contribution in [0.1, 0.15) is 39.7 Å². The average molecular weight is 629 g/mol. The second-order valence-corrected chi connectivity index (χ2v) is 10.5. The van der Waals surface area contributed by atoms with Crippen LogP contribution < -0.4 is 26.6 Å². The number of hydrogen-bond donors (Lipinski definition) is 7. The Bertz CT molecular complexity index is 1410. The number of hydrogen-bond acceptors (Lipinski definition) is 9. The van der Waals surface area contributed by atoms with Gasteiger partial charge in [0.05, 0.1) is 11.3 Å². The Labute approximate surface area is 258 Å². The van der Waals surface area contributed by atoms with Crippen LogP contribution in [-0.4, -0.2) is 74.8 Å². The van der Waals surface area contributed by atoms with Gasteiger partial charge in [0.1, 0.15) is 29.9 Å². The van der Waals surface area contributed by atoms with Gasteiger partial charge in [0, 0.05) is 31.2 Å². The van der Waals surface area contributed by atoms with E-state index in [1.165, 1.54) is 38.1 Å². The molecule has 0 radical (unpaired) electrons. The molecule has 0 aliphatic carbocycles. The van der Waals surface area contributed by atoms with Crippen molar-refractivity contribution in [2.24, 2.45) is 5.92 Å². The Kier molecular flexibility index (Phi) is 13.0. The number of non-ortho nitro benzene ring substituents is 1. The molecule has 0 saturated heterocycles. The Morgan fingerprint density at radius 3 is 1.89 bits per heavy atom. The number of phenolic OH excluding ortho intramolecular Hbond substituents is 1. The van der Waals surface area contributed by atoms with Gasteiger partial charge in [-0.05, 0) is 42.7 Å². The fraction of sp³-hybridized carbons (Fsp3) is 0.379. The summed E-state index contributed by atoms with van der Waals surface area (Å²) in [5.74, 6) is -5.57. The van der Waals surface area contributed by atoms with Gasteiger partial charge in [-0.25, -0.2) is 0 Å². The van der Waals surface area contributed by atoms with Crippen LogP contribution in [0, 0.1) is 16.0 Å². The van der Waals surface area contributed by atoms with E-state index < -0.39 is 76.9 Å². The van der Waals surface area contributed by atoms with E-state index in [1.807, 2.05) is 0 Å². The largest absolute Gasteiger partial charge is 0.508 e. The number of carbonyl (C=O) groups excluding carboxylic acids is 5. The normalized spacial score (nSPS) is 13.4. The number of benzene rings is 2. The van der Waals surface area contributed by atoms with Gasteiger partial charge >= 0.3 is 5.97 Å². The van der Waals surface area contributed by atoms with Crippen molar-refractivity contribution < 1.29 is 43.9 Å². The Morgan fingerprint density at radius 1 is 0.778 bits per heavy atom. The van der Waals surface area contributed by atoms with Gasteiger partial charge in [0.25, 0.3) is 5.69 Å². The molecule has 0 saturated carbocycles. The van der Waals surface area contributed by atoms with E-state index in [2.05, 4.69) is 26.6 Å². The number of nitrogens with zero attached hydrogens (tertiary/aromatic N) is 1. The van der Waals surface area contributed by atoms with Crippen molar-refractivity contribution in [3.63, 3.8) is 0 Å². The number of nitro benzene ring substituents is 1. The van der Waals surface area contributed by atoms with Gasteiger partial charge in [0.15, 0.2) is 0 Å². The van der Waals surface area contributed by atoms with Crippen LogP contribution in [0.25, 0.3) is 0 Å². The molecule has 16 nitrogen and oxygen atoms in total. The van der Waals surface area contributed by atoms with E-state index in [1.54, 1.807) is 26.0 Å². The predicted molar refractivity (Wildman–Crippen MR) is 160 cm³/mol. The topological polar surface area (TPSA) is 246 Å². The molecule has 7 N–H and O–H groups in total. The quantitative estimate of drug-likeness (QED) is 0.107. The Balaban J connectivity index is 2.09. The number of carboxylic acid groups (broad SMARTS) is 1. The lowest BCUT2D eigenvalue weighted by Gasteiger charge is -2.27. The van der Waals surface area contributed by atoms with Crippen LogP contribution >= 0.6 is 0 Å². The zero-order chi connectivity index (χ0) is 33.8. The maximum Gasteiger partial charge on any atom is 0.305 e. The summed E-state index contributed by atoms with van der Waals surface area (Å²) in [7, 11) is 0. The summed E-state index contributed by atoms with van der Waals surface area (Å²) >= 11 is 0. The number of carboxylic acids is 1. The molecular weight excluding hydrogens is 592 g/mol. The molecule has 0 fully saturated rings. The van der Waals surface area contributed by atoms with Crippen molar-refractivity contribution in [3.8, 4) is 5.75 Å². The molecule has 0 aromatic heterocycles. The average Bonchev–Trinajstić information content (AvgIpc) is 2.95. The highest BCUT2D eigenvalue weighted by atomic mass is 16.6. The first-order valence-corrected chi connectivity index (χ1v) is 13.8. The zero-order valence-corrected chi connectivity index (χ0v) is 25.0. The first kappa shape index (κ1) is 35.7. The molecule has 0 bridgehead atoms. The van der Waals surface area contributed by atoms with E-state index in [0.29, 0.717) is 5.56 Å². The molecule has 0 aliphatic rings. The van der Waals surface area contributed by atoms with E-state index in [9.17, 15) is 49.1 Å². The van der Waals surface area contributed by atoms with Crippen molar-refractivity contribution in [1.29, 1.82) is 0 Å². The first-order chi connectivity index (χ1) is 21.1. The third kappa shape index (κ3) is 11.6. The number of aromatic hydroxyl groups is 1. The fourth-order valence-corrected chi connectivity index (χ4v) is 4.06. The van der Waals surface area contributed by atoms with E-state index in [4.69, 9.17) is 0 Å². The SMILES string of the molecule is CC(=O)N[C@H](Cc1ccc(O)cc1)C(=O)N[C@H](C(=O)N[C@@H](C)C(=O)N[C@@H](CC(=O)O)C(=O)Nc1ccc([N+](=O)[O-])cc1)C(C)C. The summed E-state index contributed by atoms with van der Waals surface area (Å²) in [6.07, 6.45) is -0.745. The fourth-order valence-electron chi connectivity index (χ4n) is 4.06. The van der Waals surface area contributed by atoms with Gasteiger partial charge in [-0.1, -0.05) is 26.0 Å². The molecule has 45 heavy (non-hydrogen) atoms. The van der Waals surface area contributed by atoms with E-state index in [0.717, 1.165) is 12.1 Å². The third-order valence-electron chi connectivity index (χ3n) is 6.43. The maximum atomic E-state index is 13.1. The van der Waals surface area contributed by atoms with Gasteiger partial charge < -0.3 is 36.8 Å². The summed E-state index contributed by atoms with van der Waals surface area (Å²) in [5.41, 5.74) is 0.521. The minimum Gasteiger partial charge on any atom is -0.508 e. The molecule has 2 aromatic rings. The lowest BCUT2D eigenvalue weighted by Crippen LogP contribution is -2.58. The van der Waals surface area contributed by atoms with Crippen molar-refractivity contribution in [2.75, 3.05) is 5.32 Å². The van der Waals surface area contributed by atoms with Crippen molar-refractivity contribution in [3.05, 3.63) is 64.2 Å². The molecule has 0 spiro atoms. The summed E-state index contributed by atoms with van der Waals surface area (Å²) in [6.45, 7) is 5.82. The van der Waals surface area contributed by atoms with Crippen molar-refractivity contribution in [2.45, 2.75) is 64.7 Å². The molecule has 2 rings (SSSR count). The second-order valence-electron chi connectivity index (χ2n) is 10.5. The van der Waals surface area contributed by atoms with Crippen molar-refractivity contribution in [1.82, 2.24) is 21.3 Å². The molecular formula is C29H36N6O10. The Morgan fingerprint density at radius 2 is 1.38 bits per heavy atom. The number of amides is 5. The molecule has 0 aliphatic heterocycles. The van der Waals surface area contributed by atoms with Gasteiger partial charge in [-0.2, -0.15) is 0 Å². The molecule has 2 aromatic carbocycles. The number of anilines is 1. The summed E-state index contributed by atoms with van der Waals surface area (Å²) in [6, 6.07) is 5.69. The highest BCUT2D eigenvalue weighted by Crippen LogP contribution is 2.16. The Hall–Kier alpha value is -5.54. The third-order valence-corrected chi connectivity index (χ3v) is 6.43. The zero-order valence-electron chi connectivity index (χ0n) is 25.0. The molecule has 16 heteroatoms. The monoisotopic (exact) mass is 628 g/mol. The summed E-state index contributed by atoms with van der Waals surface area (Å²) < 4.78 is 0. The molecule has 0 heterocycles. The molecule has 5 amide bonds. The molecule has 0 unspecified atom stereocenters. The molecule has 4 atom stereocenters. The predicted octanol–water partition coefficient (Wildman–Crippen LogP) is 0.591. The summed E-state index contributed by atoms with van der Waals surface area (Å²) in [5, 5.41) is 41.8. The highest BCUT2D eigenvalue weighted by Gasteiger charge is 2.32. The van der Waals surface area contributed by atoms with Crippen LogP contribution in [0.3, 0.4) is 0 Å². The van der Waals surface area contributed by atoms with Crippen LogP contribution in [0.2, 0.25) is 0 Å². The maximum absolute atomic E-state index is 13.1. The van der Waals surface area contributed by atoms with Gasteiger partial charge in [0.2, 0.25) is 29.5 Å². The number of nitrogens with one attached hydrogen (secondary N) is 5.